The third-order valence-corrected chi connectivity index (χ3v) is 4.13. The monoisotopic (exact) mass is 262 g/mol. The molecule has 0 amide bonds. The molecule has 0 radical (unpaired) electrons. The van der Waals surface area contributed by atoms with Gasteiger partial charge in [-0.2, -0.15) is 5.10 Å². The highest BCUT2D eigenvalue weighted by molar-refractivity contribution is 5.55. The number of fused-ring (bicyclic) bond motifs is 1. The molecular weight excluding hydrogens is 240 g/mol. The Morgan fingerprint density at radius 3 is 2.68 bits per heavy atom. The van der Waals surface area contributed by atoms with Crippen LogP contribution in [0.5, 0.6) is 0 Å². The molecule has 1 saturated heterocycles. The summed E-state index contributed by atoms with van der Waals surface area (Å²) in [4.78, 5) is 14.3. The standard InChI is InChI=1S/C14H22N4O/c19-14-11-6-5-7-15-13(11)12(16-17-14)10-18-8-3-1-2-4-9-18/h15H,1-10H2,(H,17,19). The molecule has 104 valence electrons. The second-order valence-corrected chi connectivity index (χ2v) is 5.57. The molecule has 1 aromatic rings. The van der Waals surface area contributed by atoms with Crippen LogP contribution in [0.3, 0.4) is 0 Å². The lowest BCUT2D eigenvalue weighted by molar-refractivity contribution is 0.273. The van der Waals surface area contributed by atoms with Gasteiger partial charge in [-0.05, 0) is 38.8 Å². The average molecular weight is 262 g/mol. The molecule has 3 rings (SSSR count). The van der Waals surface area contributed by atoms with Gasteiger partial charge in [0.25, 0.3) is 5.56 Å². The molecule has 0 spiro atoms. The molecule has 0 saturated carbocycles. The van der Waals surface area contributed by atoms with Crippen LogP contribution in [0.1, 0.15) is 43.4 Å². The highest BCUT2D eigenvalue weighted by atomic mass is 16.1. The number of likely N-dealkylation sites (tertiary alicyclic amines) is 1. The highest BCUT2D eigenvalue weighted by Gasteiger charge is 2.19. The Bertz CT molecular complexity index is 489. The van der Waals surface area contributed by atoms with Crippen LogP contribution >= 0.6 is 0 Å². The number of nitrogens with zero attached hydrogens (tertiary/aromatic N) is 2. The maximum Gasteiger partial charge on any atom is 0.269 e. The van der Waals surface area contributed by atoms with E-state index in [1.807, 2.05) is 0 Å². The largest absolute Gasteiger partial charge is 0.383 e. The highest BCUT2D eigenvalue weighted by Crippen LogP contribution is 2.23. The fourth-order valence-electron chi connectivity index (χ4n) is 3.08. The number of nitrogens with one attached hydrogen (secondary N) is 2. The normalized spacial score (nSPS) is 20.4. The molecule has 5 heteroatoms. The van der Waals surface area contributed by atoms with E-state index in [-0.39, 0.29) is 5.56 Å². The van der Waals surface area contributed by atoms with Crippen molar-refractivity contribution >= 4 is 5.69 Å². The Labute approximate surface area is 113 Å². The second kappa shape index (κ2) is 5.74. The third kappa shape index (κ3) is 2.81. The van der Waals surface area contributed by atoms with E-state index >= 15 is 0 Å². The minimum Gasteiger partial charge on any atom is -0.383 e. The maximum absolute atomic E-state index is 11.8. The molecule has 2 N–H and O–H groups in total. The summed E-state index contributed by atoms with van der Waals surface area (Å²) in [5, 5.41) is 10.3. The average Bonchev–Trinajstić information content (AvgIpc) is 2.71. The van der Waals surface area contributed by atoms with Crippen LogP contribution in [0, 0.1) is 0 Å². The van der Waals surface area contributed by atoms with Crippen molar-refractivity contribution in [2.75, 3.05) is 25.0 Å². The van der Waals surface area contributed by atoms with Gasteiger partial charge in [-0.3, -0.25) is 9.69 Å². The van der Waals surface area contributed by atoms with Crippen molar-refractivity contribution in [3.63, 3.8) is 0 Å². The number of rotatable bonds is 2. The van der Waals surface area contributed by atoms with E-state index in [0.717, 1.165) is 56.0 Å². The fraction of sp³-hybridized carbons (Fsp3) is 0.714. The van der Waals surface area contributed by atoms with Crippen molar-refractivity contribution in [1.29, 1.82) is 0 Å². The first-order valence-electron chi connectivity index (χ1n) is 7.41. The quantitative estimate of drug-likeness (QED) is 0.848. The van der Waals surface area contributed by atoms with E-state index in [0.29, 0.717) is 0 Å². The first kappa shape index (κ1) is 12.7. The number of hydrogen-bond acceptors (Lipinski definition) is 4. The number of aromatic amines is 1. The van der Waals surface area contributed by atoms with Gasteiger partial charge in [-0.25, -0.2) is 5.10 Å². The first-order chi connectivity index (χ1) is 9.34. The molecule has 0 atom stereocenters. The lowest BCUT2D eigenvalue weighted by Gasteiger charge is -2.24. The predicted octanol–water partition coefficient (Wildman–Crippen LogP) is 1.50. The predicted molar refractivity (Wildman–Crippen MR) is 75.4 cm³/mol. The van der Waals surface area contributed by atoms with Crippen molar-refractivity contribution in [2.45, 2.75) is 45.1 Å². The lowest BCUT2D eigenvalue weighted by atomic mass is 10.0. The minimum atomic E-state index is -0.0261. The van der Waals surface area contributed by atoms with E-state index in [9.17, 15) is 4.79 Å². The van der Waals surface area contributed by atoms with Gasteiger partial charge >= 0.3 is 0 Å². The molecule has 0 aromatic carbocycles. The molecule has 19 heavy (non-hydrogen) atoms. The van der Waals surface area contributed by atoms with E-state index in [4.69, 9.17) is 0 Å². The molecule has 0 unspecified atom stereocenters. The van der Waals surface area contributed by atoms with Crippen molar-refractivity contribution in [3.8, 4) is 0 Å². The van der Waals surface area contributed by atoms with E-state index in [1.54, 1.807) is 0 Å². The van der Waals surface area contributed by atoms with Crippen LogP contribution in [0.25, 0.3) is 0 Å². The zero-order chi connectivity index (χ0) is 13.1. The molecule has 1 aromatic heterocycles. The molecule has 2 aliphatic heterocycles. The van der Waals surface area contributed by atoms with E-state index in [2.05, 4.69) is 20.4 Å². The smallest absolute Gasteiger partial charge is 0.269 e. The summed E-state index contributed by atoms with van der Waals surface area (Å²) in [6, 6.07) is 0. The maximum atomic E-state index is 11.8. The van der Waals surface area contributed by atoms with Gasteiger partial charge in [0, 0.05) is 18.7 Å². The fourth-order valence-corrected chi connectivity index (χ4v) is 3.08. The topological polar surface area (TPSA) is 61.0 Å². The lowest BCUT2D eigenvalue weighted by Crippen LogP contribution is -2.29. The summed E-state index contributed by atoms with van der Waals surface area (Å²) in [6.07, 6.45) is 7.13. The second-order valence-electron chi connectivity index (χ2n) is 5.57. The number of hydrogen-bond donors (Lipinski definition) is 2. The Kier molecular flexibility index (Phi) is 3.82. The Hall–Kier alpha value is -1.36. The van der Waals surface area contributed by atoms with Crippen molar-refractivity contribution in [1.82, 2.24) is 15.1 Å². The summed E-state index contributed by atoms with van der Waals surface area (Å²) >= 11 is 0. The van der Waals surface area contributed by atoms with E-state index in [1.165, 1.54) is 25.7 Å². The van der Waals surface area contributed by atoms with Crippen LogP contribution in [0.4, 0.5) is 5.69 Å². The summed E-state index contributed by atoms with van der Waals surface area (Å²) in [6.45, 7) is 4.10. The zero-order valence-electron chi connectivity index (χ0n) is 11.4. The van der Waals surface area contributed by atoms with Crippen molar-refractivity contribution in [2.24, 2.45) is 0 Å². The first-order valence-corrected chi connectivity index (χ1v) is 7.41. The molecule has 1 fully saturated rings. The SMILES string of the molecule is O=c1[nH]nc(CN2CCCCCC2)c2c1CCCN2. The summed E-state index contributed by atoms with van der Waals surface area (Å²) in [5.74, 6) is 0. The van der Waals surface area contributed by atoms with Gasteiger partial charge in [0.05, 0.1) is 11.4 Å². The van der Waals surface area contributed by atoms with Crippen LogP contribution in [-0.2, 0) is 13.0 Å². The van der Waals surface area contributed by atoms with Gasteiger partial charge in [0.1, 0.15) is 0 Å². The summed E-state index contributed by atoms with van der Waals surface area (Å²) in [5.41, 5.74) is 2.88. The van der Waals surface area contributed by atoms with Gasteiger partial charge < -0.3 is 5.32 Å². The van der Waals surface area contributed by atoms with E-state index < -0.39 is 0 Å². The zero-order valence-corrected chi connectivity index (χ0v) is 11.4. The van der Waals surface area contributed by atoms with Crippen LogP contribution < -0.4 is 10.9 Å². The van der Waals surface area contributed by atoms with Gasteiger partial charge in [0.2, 0.25) is 0 Å². The van der Waals surface area contributed by atoms with Gasteiger partial charge in [-0.1, -0.05) is 12.8 Å². The van der Waals surface area contributed by atoms with Crippen molar-refractivity contribution < 1.29 is 0 Å². The third-order valence-electron chi connectivity index (χ3n) is 4.13. The van der Waals surface area contributed by atoms with Gasteiger partial charge in [0.15, 0.2) is 0 Å². The van der Waals surface area contributed by atoms with Crippen LogP contribution in [-0.4, -0.2) is 34.7 Å². The number of anilines is 1. The van der Waals surface area contributed by atoms with Crippen LogP contribution in [0.2, 0.25) is 0 Å². The molecule has 0 bridgehead atoms. The molecular formula is C14H22N4O. The Morgan fingerprint density at radius 1 is 1.11 bits per heavy atom. The minimum absolute atomic E-state index is 0.0261. The van der Waals surface area contributed by atoms with Gasteiger partial charge in [-0.15, -0.1) is 0 Å². The summed E-state index contributed by atoms with van der Waals surface area (Å²) in [7, 11) is 0. The Morgan fingerprint density at radius 2 is 1.89 bits per heavy atom. The molecule has 3 heterocycles. The molecule has 2 aliphatic rings. The number of aromatic nitrogens is 2. The molecule has 5 nitrogen and oxygen atoms in total. The van der Waals surface area contributed by atoms with Crippen molar-refractivity contribution in [3.05, 3.63) is 21.6 Å². The number of H-pyrrole nitrogens is 1. The Balaban J connectivity index is 1.82. The van der Waals surface area contributed by atoms with Crippen LogP contribution in [0.15, 0.2) is 4.79 Å². The molecule has 0 aliphatic carbocycles. The summed E-state index contributed by atoms with van der Waals surface area (Å²) < 4.78 is 0.